The minimum absolute atomic E-state index is 0.0894. The number of nitrogens with zero attached hydrogens (tertiary/aromatic N) is 3. The van der Waals surface area contributed by atoms with Gasteiger partial charge in [-0.15, -0.1) is 11.6 Å². The number of fused-ring (bicyclic) bond motifs is 1. The quantitative estimate of drug-likeness (QED) is 0.236. The van der Waals surface area contributed by atoms with Crippen LogP contribution < -0.4 is 4.73 Å². The molecule has 23 heavy (non-hydrogen) atoms. The topological polar surface area (TPSA) is 83.0 Å². The summed E-state index contributed by atoms with van der Waals surface area (Å²) in [6.07, 6.45) is 0. The fraction of sp³-hybridized carbons (Fsp3) is 0.0667. The second-order valence-corrected chi connectivity index (χ2v) is 5.42. The summed E-state index contributed by atoms with van der Waals surface area (Å²) in [5, 5.41) is 24.3. The highest BCUT2D eigenvalue weighted by atomic mass is 35.5. The Labute approximate surface area is 140 Å². The molecule has 0 N–H and O–H groups in total. The Morgan fingerprint density at radius 2 is 1.96 bits per heavy atom. The van der Waals surface area contributed by atoms with Crippen molar-refractivity contribution in [2.24, 2.45) is 0 Å². The molecule has 0 saturated heterocycles. The van der Waals surface area contributed by atoms with Crippen molar-refractivity contribution in [2.75, 3.05) is 0 Å². The van der Waals surface area contributed by atoms with E-state index in [1.165, 1.54) is 18.2 Å². The number of nitro groups is 1. The lowest BCUT2D eigenvalue weighted by molar-refractivity contribution is -0.603. The molecule has 116 valence electrons. The average Bonchev–Trinajstić information content (AvgIpc) is 2.55. The molecule has 0 aliphatic heterocycles. The molecule has 2 aromatic carbocycles. The Morgan fingerprint density at radius 1 is 1.22 bits per heavy atom. The van der Waals surface area contributed by atoms with E-state index >= 15 is 0 Å². The number of halogens is 2. The molecule has 0 atom stereocenters. The summed E-state index contributed by atoms with van der Waals surface area (Å²) in [4.78, 5) is 14.7. The number of hydrogen-bond acceptors (Lipinski definition) is 4. The van der Waals surface area contributed by atoms with Crippen LogP contribution in [0.15, 0.2) is 42.5 Å². The number of alkyl halides is 1. The third-order valence-corrected chi connectivity index (χ3v) is 3.95. The molecule has 8 heteroatoms. The Hall–Kier alpha value is -2.44. The normalized spacial score (nSPS) is 10.9. The fourth-order valence-electron chi connectivity index (χ4n) is 2.34. The second kappa shape index (κ2) is 5.98. The van der Waals surface area contributed by atoms with Gasteiger partial charge in [-0.1, -0.05) is 23.7 Å². The summed E-state index contributed by atoms with van der Waals surface area (Å²) in [6.45, 7) is 0. The Balaban J connectivity index is 2.45. The summed E-state index contributed by atoms with van der Waals surface area (Å²) in [6, 6.07) is 10.9. The van der Waals surface area contributed by atoms with E-state index < -0.39 is 4.92 Å². The highest BCUT2D eigenvalue weighted by Gasteiger charge is 2.22. The van der Waals surface area contributed by atoms with Crippen molar-refractivity contribution in [3.05, 3.63) is 68.6 Å². The van der Waals surface area contributed by atoms with Crippen LogP contribution in [0.4, 0.5) is 5.69 Å². The molecule has 6 nitrogen and oxygen atoms in total. The van der Waals surface area contributed by atoms with Gasteiger partial charge in [0.05, 0.1) is 15.3 Å². The maximum atomic E-state index is 12.6. The van der Waals surface area contributed by atoms with Crippen LogP contribution in [-0.4, -0.2) is 9.91 Å². The van der Waals surface area contributed by atoms with Crippen molar-refractivity contribution < 1.29 is 9.65 Å². The summed E-state index contributed by atoms with van der Waals surface area (Å²) in [5.41, 5.74) is 0.961. The molecule has 1 aromatic heterocycles. The van der Waals surface area contributed by atoms with Crippen LogP contribution in [0.5, 0.6) is 0 Å². The monoisotopic (exact) mass is 349 g/mol. The smallest absolute Gasteiger partial charge is 0.317 e. The number of non-ortho nitro benzene ring substituents is 1. The first-order chi connectivity index (χ1) is 11.0. The minimum atomic E-state index is -0.527. The molecular weight excluding hydrogens is 341 g/mol. The highest BCUT2D eigenvalue weighted by molar-refractivity contribution is 6.33. The van der Waals surface area contributed by atoms with Crippen LogP contribution in [0.25, 0.3) is 22.2 Å². The standard InChI is InChI=1S/C15H9Cl2N3O3/c16-8-14-18-13-6-5-9(20(22)23)7-11(13)15(19(14)21)10-3-1-2-4-12(10)17/h1-7H,8H2. The van der Waals surface area contributed by atoms with Crippen LogP contribution in [0.1, 0.15) is 5.82 Å². The molecule has 1 heterocycles. The zero-order valence-corrected chi connectivity index (χ0v) is 13.1. The number of hydrogen-bond donors (Lipinski definition) is 0. The van der Waals surface area contributed by atoms with E-state index in [9.17, 15) is 15.3 Å². The molecule has 0 unspecified atom stereocenters. The fourth-order valence-corrected chi connectivity index (χ4v) is 2.73. The summed E-state index contributed by atoms with van der Waals surface area (Å²) < 4.78 is 0.570. The first-order valence-corrected chi connectivity index (χ1v) is 7.45. The molecule has 3 aromatic rings. The van der Waals surface area contributed by atoms with E-state index in [-0.39, 0.29) is 23.1 Å². The van der Waals surface area contributed by atoms with Gasteiger partial charge in [0, 0.05) is 17.7 Å². The van der Waals surface area contributed by atoms with Crippen molar-refractivity contribution in [2.45, 2.75) is 5.88 Å². The summed E-state index contributed by atoms with van der Waals surface area (Å²) in [7, 11) is 0. The summed E-state index contributed by atoms with van der Waals surface area (Å²) in [5.74, 6) is 0.0105. The van der Waals surface area contributed by atoms with Crippen molar-refractivity contribution in [3.8, 4) is 11.3 Å². The van der Waals surface area contributed by atoms with Gasteiger partial charge in [0.2, 0.25) is 0 Å². The first kappa shape index (κ1) is 15.5. The zero-order valence-electron chi connectivity index (χ0n) is 11.6. The molecule has 0 spiro atoms. The third-order valence-electron chi connectivity index (χ3n) is 3.38. The number of benzene rings is 2. The second-order valence-electron chi connectivity index (χ2n) is 4.74. The van der Waals surface area contributed by atoms with E-state index in [0.29, 0.717) is 26.2 Å². The predicted molar refractivity (Wildman–Crippen MR) is 87.4 cm³/mol. The van der Waals surface area contributed by atoms with Gasteiger partial charge in [0.25, 0.3) is 5.69 Å². The molecule has 0 aliphatic rings. The van der Waals surface area contributed by atoms with Crippen LogP contribution in [0, 0.1) is 15.3 Å². The summed E-state index contributed by atoms with van der Waals surface area (Å²) >= 11 is 12.0. The van der Waals surface area contributed by atoms with Crippen molar-refractivity contribution in [1.29, 1.82) is 0 Å². The molecular formula is C15H9Cl2N3O3. The van der Waals surface area contributed by atoms with E-state index in [2.05, 4.69) is 4.98 Å². The Morgan fingerprint density at radius 3 is 2.61 bits per heavy atom. The predicted octanol–water partition coefficient (Wildman–Crippen LogP) is 3.84. The average molecular weight is 350 g/mol. The number of aromatic nitrogens is 2. The van der Waals surface area contributed by atoms with Gasteiger partial charge in [0.1, 0.15) is 5.88 Å². The Kier molecular flexibility index (Phi) is 4.02. The molecule has 0 fully saturated rings. The van der Waals surface area contributed by atoms with E-state index in [4.69, 9.17) is 23.2 Å². The lowest BCUT2D eigenvalue weighted by Gasteiger charge is -2.14. The van der Waals surface area contributed by atoms with Gasteiger partial charge < -0.3 is 5.21 Å². The van der Waals surface area contributed by atoms with E-state index in [1.54, 1.807) is 24.3 Å². The molecule has 0 radical (unpaired) electrons. The molecule has 3 rings (SSSR count). The van der Waals surface area contributed by atoms with Crippen molar-refractivity contribution >= 4 is 39.8 Å². The van der Waals surface area contributed by atoms with Gasteiger partial charge in [-0.05, 0) is 23.2 Å². The SMILES string of the molecule is O=[N+]([O-])c1ccc2nc(CCl)[n+]([O-])c(-c3ccccc3Cl)c2c1. The lowest BCUT2D eigenvalue weighted by Crippen LogP contribution is -2.35. The van der Waals surface area contributed by atoms with E-state index in [0.717, 1.165) is 0 Å². The lowest BCUT2D eigenvalue weighted by atomic mass is 10.1. The van der Waals surface area contributed by atoms with E-state index in [1.807, 2.05) is 0 Å². The molecule has 0 amide bonds. The highest BCUT2D eigenvalue weighted by Crippen LogP contribution is 2.32. The number of nitro benzene ring substituents is 1. The first-order valence-electron chi connectivity index (χ1n) is 6.54. The molecule has 0 saturated carbocycles. The zero-order chi connectivity index (χ0) is 16.6. The minimum Gasteiger partial charge on any atom is -0.710 e. The molecule has 0 bridgehead atoms. The van der Waals surface area contributed by atoms with Gasteiger partial charge in [-0.2, -0.15) is 0 Å². The Bertz CT molecular complexity index is 931. The van der Waals surface area contributed by atoms with Crippen LogP contribution in [0.3, 0.4) is 0 Å². The van der Waals surface area contributed by atoms with Gasteiger partial charge in [-0.25, -0.2) is 4.73 Å². The van der Waals surface area contributed by atoms with Gasteiger partial charge >= 0.3 is 5.82 Å². The largest absolute Gasteiger partial charge is 0.710 e. The maximum absolute atomic E-state index is 12.6. The van der Waals surface area contributed by atoms with Crippen LogP contribution in [-0.2, 0) is 5.88 Å². The van der Waals surface area contributed by atoms with Gasteiger partial charge in [-0.3, -0.25) is 10.1 Å². The van der Waals surface area contributed by atoms with Gasteiger partial charge in [0.15, 0.2) is 11.2 Å². The molecule has 0 aliphatic carbocycles. The maximum Gasteiger partial charge on any atom is 0.317 e. The third kappa shape index (κ3) is 2.67. The van der Waals surface area contributed by atoms with Crippen molar-refractivity contribution in [3.63, 3.8) is 0 Å². The number of rotatable bonds is 3. The van der Waals surface area contributed by atoms with Crippen LogP contribution >= 0.6 is 23.2 Å². The van der Waals surface area contributed by atoms with Crippen molar-refractivity contribution in [1.82, 2.24) is 4.98 Å². The van der Waals surface area contributed by atoms with Crippen LogP contribution in [0.2, 0.25) is 5.02 Å².